The van der Waals surface area contributed by atoms with Crippen LogP contribution in [0, 0.1) is 0 Å². The van der Waals surface area contributed by atoms with E-state index in [9.17, 15) is 4.79 Å². The molecule has 94 valence electrons. The zero-order valence-corrected chi connectivity index (χ0v) is 11.0. The lowest BCUT2D eigenvalue weighted by Crippen LogP contribution is -2.42. The standard InChI is InChI=1S/C12H25N3O/c1-5-14(3)12(16)9-13-8-10(2)15(4)11-6-7-11/h10-11,13H,5-9H2,1-4H3. The molecular formula is C12H25N3O. The van der Waals surface area contributed by atoms with Crippen LogP contribution in [0.4, 0.5) is 0 Å². The van der Waals surface area contributed by atoms with Crippen molar-refractivity contribution in [2.45, 2.75) is 38.8 Å². The minimum absolute atomic E-state index is 0.170. The maximum Gasteiger partial charge on any atom is 0.236 e. The summed E-state index contributed by atoms with van der Waals surface area (Å²) >= 11 is 0. The van der Waals surface area contributed by atoms with Crippen LogP contribution in [0.25, 0.3) is 0 Å². The summed E-state index contributed by atoms with van der Waals surface area (Å²) in [5, 5.41) is 3.23. The van der Waals surface area contributed by atoms with E-state index < -0.39 is 0 Å². The van der Waals surface area contributed by atoms with E-state index in [0.717, 1.165) is 19.1 Å². The second kappa shape index (κ2) is 6.21. The van der Waals surface area contributed by atoms with E-state index in [0.29, 0.717) is 12.6 Å². The molecule has 1 atom stereocenters. The second-order valence-corrected chi connectivity index (χ2v) is 4.78. The molecule has 1 aliphatic carbocycles. The van der Waals surface area contributed by atoms with Crippen LogP contribution in [0.1, 0.15) is 26.7 Å². The highest BCUT2D eigenvalue weighted by Crippen LogP contribution is 2.26. The summed E-state index contributed by atoms with van der Waals surface area (Å²) in [6, 6.07) is 1.29. The maximum atomic E-state index is 11.5. The summed E-state index contributed by atoms with van der Waals surface area (Å²) in [5.74, 6) is 0.170. The molecule has 1 fully saturated rings. The van der Waals surface area contributed by atoms with E-state index in [2.05, 4.69) is 24.2 Å². The van der Waals surface area contributed by atoms with Crippen LogP contribution in [0.5, 0.6) is 0 Å². The number of carbonyl (C=O) groups excluding carboxylic acids is 1. The van der Waals surface area contributed by atoms with Gasteiger partial charge in [0.05, 0.1) is 6.54 Å². The first kappa shape index (κ1) is 13.5. The number of nitrogens with one attached hydrogen (secondary N) is 1. The molecule has 4 heteroatoms. The van der Waals surface area contributed by atoms with Crippen LogP contribution in [-0.4, -0.2) is 61.5 Å². The summed E-state index contributed by atoms with van der Waals surface area (Å²) in [4.78, 5) is 15.7. The Balaban J connectivity index is 2.12. The lowest BCUT2D eigenvalue weighted by Gasteiger charge is -2.25. The van der Waals surface area contributed by atoms with Gasteiger partial charge in [-0.25, -0.2) is 0 Å². The average Bonchev–Trinajstić information content (AvgIpc) is 3.10. The van der Waals surface area contributed by atoms with Gasteiger partial charge in [0, 0.05) is 32.2 Å². The zero-order chi connectivity index (χ0) is 12.1. The third-order valence-electron chi connectivity index (χ3n) is 3.43. The van der Waals surface area contributed by atoms with Gasteiger partial charge >= 0.3 is 0 Å². The van der Waals surface area contributed by atoms with E-state index in [1.807, 2.05) is 14.0 Å². The number of amides is 1. The molecule has 1 rings (SSSR count). The van der Waals surface area contributed by atoms with Crippen LogP contribution in [0.2, 0.25) is 0 Å². The van der Waals surface area contributed by atoms with Crippen LogP contribution < -0.4 is 5.32 Å². The first-order chi connectivity index (χ1) is 7.56. The van der Waals surface area contributed by atoms with Crippen LogP contribution >= 0.6 is 0 Å². The van der Waals surface area contributed by atoms with Gasteiger partial charge in [-0.3, -0.25) is 9.69 Å². The molecule has 0 aromatic carbocycles. The topological polar surface area (TPSA) is 35.6 Å². The Bertz CT molecular complexity index is 228. The predicted molar refractivity (Wildman–Crippen MR) is 66.4 cm³/mol. The van der Waals surface area contributed by atoms with Crippen molar-refractivity contribution in [2.75, 3.05) is 33.7 Å². The van der Waals surface area contributed by atoms with Gasteiger partial charge in [-0.2, -0.15) is 0 Å². The third kappa shape index (κ3) is 4.10. The molecule has 1 saturated carbocycles. The summed E-state index contributed by atoms with van der Waals surface area (Å²) in [7, 11) is 4.01. The van der Waals surface area contributed by atoms with Crippen molar-refractivity contribution in [2.24, 2.45) is 0 Å². The third-order valence-corrected chi connectivity index (χ3v) is 3.43. The smallest absolute Gasteiger partial charge is 0.236 e. The fourth-order valence-electron chi connectivity index (χ4n) is 1.68. The SMILES string of the molecule is CCN(C)C(=O)CNCC(C)N(C)C1CC1. The minimum Gasteiger partial charge on any atom is -0.345 e. The van der Waals surface area contributed by atoms with Gasteiger partial charge in [-0.15, -0.1) is 0 Å². The van der Waals surface area contributed by atoms with Gasteiger partial charge in [-0.05, 0) is 33.7 Å². The van der Waals surface area contributed by atoms with Gasteiger partial charge in [-0.1, -0.05) is 0 Å². The molecular weight excluding hydrogens is 202 g/mol. The molecule has 0 saturated heterocycles. The summed E-state index contributed by atoms with van der Waals surface area (Å²) in [6.45, 7) is 6.31. The van der Waals surface area contributed by atoms with Crippen molar-refractivity contribution in [1.29, 1.82) is 0 Å². The van der Waals surface area contributed by atoms with Gasteiger partial charge in [0.15, 0.2) is 0 Å². The first-order valence-electron chi connectivity index (χ1n) is 6.22. The molecule has 16 heavy (non-hydrogen) atoms. The number of likely N-dealkylation sites (N-methyl/N-ethyl adjacent to an activating group) is 2. The van der Waals surface area contributed by atoms with Crippen molar-refractivity contribution in [3.05, 3.63) is 0 Å². The monoisotopic (exact) mass is 227 g/mol. The van der Waals surface area contributed by atoms with Crippen molar-refractivity contribution in [1.82, 2.24) is 15.1 Å². The number of carbonyl (C=O) groups is 1. The van der Waals surface area contributed by atoms with Crippen molar-refractivity contribution >= 4 is 5.91 Å². The normalized spacial score (nSPS) is 17.6. The molecule has 0 heterocycles. The molecule has 1 aliphatic rings. The Morgan fingerprint density at radius 1 is 1.44 bits per heavy atom. The van der Waals surface area contributed by atoms with E-state index in [4.69, 9.17) is 0 Å². The fraction of sp³-hybridized carbons (Fsp3) is 0.917. The van der Waals surface area contributed by atoms with Gasteiger partial charge in [0.25, 0.3) is 0 Å². The van der Waals surface area contributed by atoms with Gasteiger partial charge in [0.2, 0.25) is 5.91 Å². The molecule has 1 amide bonds. The molecule has 1 unspecified atom stereocenters. The summed E-state index contributed by atoms with van der Waals surface area (Å²) < 4.78 is 0. The molecule has 0 aromatic heterocycles. The Kier molecular flexibility index (Phi) is 5.22. The van der Waals surface area contributed by atoms with E-state index in [1.165, 1.54) is 12.8 Å². The Morgan fingerprint density at radius 3 is 2.56 bits per heavy atom. The lowest BCUT2D eigenvalue weighted by molar-refractivity contribution is -0.128. The minimum atomic E-state index is 0.170. The molecule has 0 aliphatic heterocycles. The lowest BCUT2D eigenvalue weighted by atomic mass is 10.3. The molecule has 0 radical (unpaired) electrons. The molecule has 0 spiro atoms. The van der Waals surface area contributed by atoms with Crippen molar-refractivity contribution in [3.63, 3.8) is 0 Å². The van der Waals surface area contributed by atoms with Crippen LogP contribution in [0.3, 0.4) is 0 Å². The Labute approximate surface area is 99.0 Å². The fourth-order valence-corrected chi connectivity index (χ4v) is 1.68. The largest absolute Gasteiger partial charge is 0.345 e. The average molecular weight is 227 g/mol. The second-order valence-electron chi connectivity index (χ2n) is 4.78. The molecule has 1 N–H and O–H groups in total. The highest BCUT2D eigenvalue weighted by Gasteiger charge is 2.28. The zero-order valence-electron chi connectivity index (χ0n) is 11.0. The molecule has 0 aromatic rings. The predicted octanol–water partition coefficient (Wildman–Crippen LogP) is 0.537. The number of hydrogen-bond acceptors (Lipinski definition) is 3. The van der Waals surface area contributed by atoms with Gasteiger partial charge < -0.3 is 10.2 Å². The number of nitrogens with zero attached hydrogens (tertiary/aromatic N) is 2. The van der Waals surface area contributed by atoms with Gasteiger partial charge in [0.1, 0.15) is 0 Å². The van der Waals surface area contributed by atoms with E-state index in [1.54, 1.807) is 4.90 Å². The maximum absolute atomic E-state index is 11.5. The number of rotatable bonds is 7. The van der Waals surface area contributed by atoms with Crippen molar-refractivity contribution in [3.8, 4) is 0 Å². The summed E-state index contributed by atoms with van der Waals surface area (Å²) in [6.07, 6.45) is 2.66. The summed E-state index contributed by atoms with van der Waals surface area (Å²) in [5.41, 5.74) is 0. The molecule has 0 bridgehead atoms. The highest BCUT2D eigenvalue weighted by atomic mass is 16.2. The Morgan fingerprint density at radius 2 is 2.06 bits per heavy atom. The number of hydrogen-bond donors (Lipinski definition) is 1. The van der Waals surface area contributed by atoms with E-state index in [-0.39, 0.29) is 5.91 Å². The van der Waals surface area contributed by atoms with Crippen molar-refractivity contribution < 1.29 is 4.79 Å². The molecule has 4 nitrogen and oxygen atoms in total. The highest BCUT2D eigenvalue weighted by molar-refractivity contribution is 5.77. The Hall–Kier alpha value is -0.610. The van der Waals surface area contributed by atoms with Crippen LogP contribution in [0.15, 0.2) is 0 Å². The first-order valence-corrected chi connectivity index (χ1v) is 6.22. The van der Waals surface area contributed by atoms with Crippen LogP contribution in [-0.2, 0) is 4.79 Å². The quantitative estimate of drug-likeness (QED) is 0.689. The van der Waals surface area contributed by atoms with E-state index >= 15 is 0 Å².